The van der Waals surface area contributed by atoms with Crippen LogP contribution in [0.2, 0.25) is 0 Å². The summed E-state index contributed by atoms with van der Waals surface area (Å²) in [5.41, 5.74) is 9.63. The topological polar surface area (TPSA) is 57.4 Å². The number of fused-ring (bicyclic) bond motifs is 18. The molecular formula is C68H34N4S4. The van der Waals surface area contributed by atoms with E-state index < -0.39 is 0 Å². The lowest BCUT2D eigenvalue weighted by Crippen LogP contribution is -2.11. The zero-order chi connectivity index (χ0) is 49.9. The molecule has 8 heteroatoms. The van der Waals surface area contributed by atoms with E-state index in [1.165, 1.54) is 50.4 Å². The van der Waals surface area contributed by atoms with Crippen LogP contribution < -0.4 is 0 Å². The van der Waals surface area contributed by atoms with Crippen molar-refractivity contribution in [2.24, 2.45) is 0 Å². The average molecular weight is 1040 g/mol. The van der Waals surface area contributed by atoms with Gasteiger partial charge in [-0.05, 0) is 60.7 Å². The first-order valence-electron chi connectivity index (χ1n) is 25.2. The Morgan fingerprint density at radius 3 is 1.07 bits per heavy atom. The Labute approximate surface area is 449 Å². The second-order valence-electron chi connectivity index (χ2n) is 19.6. The van der Waals surface area contributed by atoms with E-state index >= 15 is 0 Å². The van der Waals surface area contributed by atoms with Crippen LogP contribution in [0, 0.1) is 22.7 Å². The molecule has 4 nitrogen and oxygen atoms in total. The maximum absolute atomic E-state index is 12.5. The molecule has 350 valence electrons. The summed E-state index contributed by atoms with van der Waals surface area (Å²) in [5, 5.41) is 38.8. The molecule has 0 aliphatic carbocycles. The van der Waals surface area contributed by atoms with Gasteiger partial charge in [0.2, 0.25) is 0 Å². The van der Waals surface area contributed by atoms with Crippen LogP contribution in [-0.4, -0.2) is 9.13 Å². The maximum Gasteiger partial charge on any atom is 0.102 e. The van der Waals surface area contributed by atoms with Gasteiger partial charge in [-0.15, -0.1) is 45.3 Å². The van der Waals surface area contributed by atoms with Gasteiger partial charge in [-0.3, -0.25) is 0 Å². The van der Waals surface area contributed by atoms with Crippen molar-refractivity contribution in [2.75, 3.05) is 0 Å². The van der Waals surface area contributed by atoms with Crippen LogP contribution in [0.3, 0.4) is 0 Å². The summed E-state index contributed by atoms with van der Waals surface area (Å²) in [6.07, 6.45) is 0. The van der Waals surface area contributed by atoms with Crippen molar-refractivity contribution in [1.29, 1.82) is 10.5 Å². The highest BCUT2D eigenvalue weighted by atomic mass is 32.1. The lowest BCUT2D eigenvalue weighted by Gasteiger charge is -2.26. The first-order valence-corrected chi connectivity index (χ1v) is 28.4. The fraction of sp³-hybridized carbons (Fsp3) is 0. The zero-order valence-electron chi connectivity index (χ0n) is 40.1. The predicted octanol–water partition coefficient (Wildman–Crippen LogP) is 20.4. The second-order valence-corrected chi connectivity index (χ2v) is 23.9. The van der Waals surface area contributed by atoms with Gasteiger partial charge in [0.1, 0.15) is 12.1 Å². The average Bonchev–Trinajstić information content (AvgIpc) is 4.34. The molecule has 6 heterocycles. The van der Waals surface area contributed by atoms with Crippen molar-refractivity contribution < 1.29 is 0 Å². The predicted molar refractivity (Wildman–Crippen MR) is 327 cm³/mol. The van der Waals surface area contributed by atoms with Gasteiger partial charge >= 0.3 is 0 Å². The van der Waals surface area contributed by atoms with Crippen LogP contribution in [0.25, 0.3) is 158 Å². The molecule has 0 saturated heterocycles. The maximum atomic E-state index is 12.5. The number of hydrogen-bond donors (Lipinski definition) is 0. The van der Waals surface area contributed by atoms with E-state index in [-0.39, 0.29) is 0 Å². The summed E-state index contributed by atoms with van der Waals surface area (Å²) in [4.78, 5) is 0. The summed E-state index contributed by atoms with van der Waals surface area (Å²) in [6, 6.07) is 80.1. The molecule has 0 bridgehead atoms. The summed E-state index contributed by atoms with van der Waals surface area (Å²) in [6.45, 7) is 0. The van der Waals surface area contributed by atoms with E-state index in [1.807, 2.05) is 0 Å². The molecule has 11 aromatic carbocycles. The van der Waals surface area contributed by atoms with Crippen LogP contribution >= 0.6 is 45.3 Å². The Balaban J connectivity index is 1.16. The molecule has 17 rings (SSSR count). The number of nitriles is 2. The smallest absolute Gasteiger partial charge is 0.102 e. The number of benzene rings is 11. The molecule has 0 saturated carbocycles. The third kappa shape index (κ3) is 5.63. The fourth-order valence-electron chi connectivity index (χ4n) is 12.7. The van der Waals surface area contributed by atoms with Gasteiger partial charge < -0.3 is 9.13 Å². The minimum absolute atomic E-state index is 0.449. The monoisotopic (exact) mass is 1030 g/mol. The molecule has 0 radical (unpaired) electrons. The van der Waals surface area contributed by atoms with Gasteiger partial charge in [-0.1, -0.05) is 146 Å². The summed E-state index contributed by atoms with van der Waals surface area (Å²) in [7, 11) is 0. The zero-order valence-corrected chi connectivity index (χ0v) is 43.3. The number of thiophene rings is 4. The number of rotatable bonds is 4. The molecule has 17 aromatic rings. The van der Waals surface area contributed by atoms with Gasteiger partial charge in [-0.2, -0.15) is 10.5 Å². The van der Waals surface area contributed by atoms with E-state index in [0.717, 1.165) is 102 Å². The van der Waals surface area contributed by atoms with E-state index in [1.54, 1.807) is 45.3 Å². The quantitative estimate of drug-likeness (QED) is 0.176. The molecule has 0 atom stereocenters. The highest BCUT2D eigenvalue weighted by molar-refractivity contribution is 7.27. The molecule has 76 heavy (non-hydrogen) atoms. The first kappa shape index (κ1) is 42.3. The fourth-order valence-corrected chi connectivity index (χ4v) is 17.3. The third-order valence-corrected chi connectivity index (χ3v) is 20.5. The standard InChI is InChI=1S/C68H34N4S4/c69-35-51-63(45-23-13-21-43-39-17-3-11-29-59(39)75-67(43)45)52(36-70)66(72-54-26-8-2-16-38(54)48-32-50-42-20-6-10-28-58(42)74-62(50)34-56(48)72)64(46-24-14-22-44-40-18-4-12-30-60(40)76-68(44)46)65(51)71-53-25-7-1-15-37(53)47-31-49-41-19-5-9-27-57(41)73-61(49)33-55(47)71/h1-34H. The van der Waals surface area contributed by atoms with Gasteiger partial charge in [0.15, 0.2) is 0 Å². The van der Waals surface area contributed by atoms with Crippen molar-refractivity contribution in [2.45, 2.75) is 0 Å². The molecule has 0 aliphatic rings. The van der Waals surface area contributed by atoms with Crippen LogP contribution in [0.5, 0.6) is 0 Å². The summed E-state index contributed by atoms with van der Waals surface area (Å²) < 4.78 is 14.0. The molecular weight excluding hydrogens is 1000 g/mol. The molecule has 0 fully saturated rings. The second kappa shape index (κ2) is 15.7. The van der Waals surface area contributed by atoms with Gasteiger partial charge in [0, 0.05) is 124 Å². The normalized spacial score (nSPS) is 12.2. The lowest BCUT2D eigenvalue weighted by molar-refractivity contribution is 1.12. The Morgan fingerprint density at radius 2 is 0.632 bits per heavy atom. The van der Waals surface area contributed by atoms with E-state index in [4.69, 9.17) is 0 Å². The number of aromatic nitrogens is 2. The van der Waals surface area contributed by atoms with Crippen LogP contribution in [0.4, 0.5) is 0 Å². The van der Waals surface area contributed by atoms with Gasteiger partial charge in [0.25, 0.3) is 0 Å². The Bertz CT molecular complexity index is 5300. The summed E-state index contributed by atoms with van der Waals surface area (Å²) >= 11 is 7.09. The molecule has 0 unspecified atom stereocenters. The van der Waals surface area contributed by atoms with E-state index in [0.29, 0.717) is 16.7 Å². The summed E-state index contributed by atoms with van der Waals surface area (Å²) in [5.74, 6) is 0. The van der Waals surface area contributed by atoms with Crippen LogP contribution in [0.1, 0.15) is 11.1 Å². The molecule has 0 aliphatic heterocycles. The molecule has 0 amide bonds. The molecule has 6 aromatic heterocycles. The molecule has 0 spiro atoms. The van der Waals surface area contributed by atoms with Crippen molar-refractivity contribution in [3.05, 3.63) is 217 Å². The van der Waals surface area contributed by atoms with Gasteiger partial charge in [-0.25, -0.2) is 0 Å². The van der Waals surface area contributed by atoms with Crippen LogP contribution in [-0.2, 0) is 0 Å². The third-order valence-electron chi connectivity index (χ3n) is 15.8. The number of nitrogens with zero attached hydrogens (tertiary/aromatic N) is 4. The van der Waals surface area contributed by atoms with Crippen LogP contribution in [0.15, 0.2) is 206 Å². The number of para-hydroxylation sites is 2. The van der Waals surface area contributed by atoms with Crippen molar-refractivity contribution in [1.82, 2.24) is 9.13 Å². The molecule has 0 N–H and O–H groups in total. The minimum atomic E-state index is 0.449. The lowest BCUT2D eigenvalue weighted by atomic mass is 9.85. The highest BCUT2D eigenvalue weighted by Crippen LogP contribution is 2.54. The van der Waals surface area contributed by atoms with Crippen molar-refractivity contribution in [3.8, 4) is 45.8 Å². The van der Waals surface area contributed by atoms with E-state index in [9.17, 15) is 10.5 Å². The first-order chi connectivity index (χ1) is 37.6. The Morgan fingerprint density at radius 1 is 0.276 bits per heavy atom. The minimum Gasteiger partial charge on any atom is -0.307 e. The van der Waals surface area contributed by atoms with E-state index in [2.05, 4.69) is 228 Å². The van der Waals surface area contributed by atoms with Gasteiger partial charge in [0.05, 0.1) is 44.6 Å². The SMILES string of the molecule is N#Cc1c(-c2cccc3c2sc2ccccc23)c(C#N)c(-n2c3ccccc3c3cc4c(cc32)sc2ccccc24)c(-c2cccc3c2sc2ccccc23)c1-n1c2ccccc2c2cc3c(cc21)sc1ccccc13. The Kier molecular flexibility index (Phi) is 8.73. The highest BCUT2D eigenvalue weighted by Gasteiger charge is 2.34. The largest absolute Gasteiger partial charge is 0.307 e. The van der Waals surface area contributed by atoms with Crippen molar-refractivity contribution >= 4 is 170 Å². The Hall–Kier alpha value is -9.12. The number of hydrogen-bond acceptors (Lipinski definition) is 6. The van der Waals surface area contributed by atoms with Crippen molar-refractivity contribution in [3.63, 3.8) is 0 Å².